The first-order valence-electron chi connectivity index (χ1n) is 10.4. The highest BCUT2D eigenvalue weighted by Gasteiger charge is 2.15. The lowest BCUT2D eigenvalue weighted by molar-refractivity contribution is 0.0991. The molecule has 0 bridgehead atoms. The molecule has 5 rings (SSSR count). The van der Waals surface area contributed by atoms with E-state index in [1.165, 1.54) is 17.5 Å². The number of furan rings is 1. The Balaban J connectivity index is 1.17. The van der Waals surface area contributed by atoms with Crippen molar-refractivity contribution in [2.75, 3.05) is 5.32 Å². The van der Waals surface area contributed by atoms with Crippen molar-refractivity contribution in [1.82, 2.24) is 14.8 Å². The molecule has 1 amide bonds. The van der Waals surface area contributed by atoms with Gasteiger partial charge in [-0.25, -0.2) is 9.67 Å². The highest BCUT2D eigenvalue weighted by atomic mass is 35.5. The molecule has 1 aliphatic rings. The van der Waals surface area contributed by atoms with Gasteiger partial charge in [-0.2, -0.15) is 0 Å². The summed E-state index contributed by atoms with van der Waals surface area (Å²) in [6.45, 7) is 0.743. The fourth-order valence-electron chi connectivity index (χ4n) is 3.78. The molecule has 0 saturated carbocycles. The molecule has 7 nitrogen and oxygen atoms in total. The highest BCUT2D eigenvalue weighted by Crippen LogP contribution is 2.26. The summed E-state index contributed by atoms with van der Waals surface area (Å²) >= 11 is 6.01. The number of fused-ring (bicyclic) bond motifs is 1. The van der Waals surface area contributed by atoms with E-state index in [1.54, 1.807) is 23.1 Å². The Labute approximate surface area is 190 Å². The molecule has 1 N–H and O–H groups in total. The van der Waals surface area contributed by atoms with Crippen LogP contribution in [0.5, 0.6) is 5.75 Å². The van der Waals surface area contributed by atoms with E-state index in [9.17, 15) is 4.79 Å². The number of carbonyl (C=O) groups excluding carboxylic acids is 1. The molecule has 0 saturated heterocycles. The quantitative estimate of drug-likeness (QED) is 0.435. The van der Waals surface area contributed by atoms with Gasteiger partial charge in [0, 0.05) is 5.02 Å². The zero-order valence-corrected chi connectivity index (χ0v) is 18.0. The van der Waals surface area contributed by atoms with Gasteiger partial charge < -0.3 is 9.15 Å². The molecule has 0 unspecified atom stereocenters. The summed E-state index contributed by atoms with van der Waals surface area (Å²) in [5.74, 6) is 1.32. The second kappa shape index (κ2) is 8.88. The van der Waals surface area contributed by atoms with E-state index in [0.717, 1.165) is 24.2 Å². The number of nitrogens with zero attached hydrogens (tertiary/aromatic N) is 3. The Kier molecular flexibility index (Phi) is 5.64. The Morgan fingerprint density at radius 3 is 2.94 bits per heavy atom. The first-order chi connectivity index (χ1) is 15.6. The number of amides is 1. The minimum Gasteiger partial charge on any atom is -0.486 e. The van der Waals surface area contributed by atoms with Crippen molar-refractivity contribution in [2.45, 2.75) is 32.4 Å². The third-order valence-electron chi connectivity index (χ3n) is 5.33. The molecular formula is C24H21ClN4O3. The fourth-order valence-corrected chi connectivity index (χ4v) is 4.00. The van der Waals surface area contributed by atoms with Crippen LogP contribution in [0.2, 0.25) is 5.02 Å². The van der Waals surface area contributed by atoms with Crippen LogP contribution in [0.4, 0.5) is 5.95 Å². The lowest BCUT2D eigenvalue weighted by atomic mass is 10.1. The third-order valence-corrected chi connectivity index (χ3v) is 5.57. The number of aromatic nitrogens is 3. The molecule has 1 aliphatic carbocycles. The summed E-state index contributed by atoms with van der Waals surface area (Å²) in [4.78, 5) is 16.6. The Morgan fingerprint density at radius 2 is 2.03 bits per heavy atom. The summed E-state index contributed by atoms with van der Waals surface area (Å²) in [6, 6.07) is 17.0. The van der Waals surface area contributed by atoms with Gasteiger partial charge in [0.1, 0.15) is 24.4 Å². The summed E-state index contributed by atoms with van der Waals surface area (Å²) in [5, 5.41) is 7.58. The molecule has 2 aromatic carbocycles. The van der Waals surface area contributed by atoms with E-state index in [2.05, 4.69) is 27.5 Å². The number of hydrogen-bond acceptors (Lipinski definition) is 5. The topological polar surface area (TPSA) is 82.2 Å². The van der Waals surface area contributed by atoms with E-state index in [-0.39, 0.29) is 18.3 Å². The molecule has 8 heteroatoms. The van der Waals surface area contributed by atoms with Crippen LogP contribution in [0.1, 0.15) is 39.4 Å². The van der Waals surface area contributed by atoms with Gasteiger partial charge in [-0.1, -0.05) is 29.8 Å². The molecule has 0 aliphatic heterocycles. The predicted molar refractivity (Wildman–Crippen MR) is 120 cm³/mol. The number of hydrogen-bond donors (Lipinski definition) is 1. The maximum atomic E-state index is 12.5. The zero-order valence-electron chi connectivity index (χ0n) is 17.3. The smallest absolute Gasteiger partial charge is 0.293 e. The summed E-state index contributed by atoms with van der Waals surface area (Å²) < 4.78 is 13.1. The minimum absolute atomic E-state index is 0.170. The largest absolute Gasteiger partial charge is 0.486 e. The second-order valence-electron chi connectivity index (χ2n) is 7.69. The average molecular weight is 449 g/mol. The van der Waals surface area contributed by atoms with Crippen molar-refractivity contribution in [3.63, 3.8) is 0 Å². The molecule has 4 aromatic rings. The van der Waals surface area contributed by atoms with E-state index in [1.807, 2.05) is 30.3 Å². The number of aryl methyl sites for hydroxylation is 2. The maximum absolute atomic E-state index is 12.5. The number of benzene rings is 2. The van der Waals surface area contributed by atoms with Crippen molar-refractivity contribution >= 4 is 23.5 Å². The van der Waals surface area contributed by atoms with Crippen LogP contribution < -0.4 is 10.1 Å². The van der Waals surface area contributed by atoms with Gasteiger partial charge in [0.15, 0.2) is 5.76 Å². The number of ether oxygens (including phenoxy) is 1. The van der Waals surface area contributed by atoms with Crippen LogP contribution in [0, 0.1) is 0 Å². The lowest BCUT2D eigenvalue weighted by Crippen LogP contribution is -2.12. The second-order valence-corrected chi connectivity index (χ2v) is 8.12. The van der Waals surface area contributed by atoms with Crippen LogP contribution in [-0.2, 0) is 26.0 Å². The van der Waals surface area contributed by atoms with E-state index >= 15 is 0 Å². The Bertz CT molecular complexity index is 1260. The minimum atomic E-state index is -0.422. The SMILES string of the molecule is O=C(Nc1ncn(Cc2cccc(Cl)c2)n1)c1ccc(COc2ccc3c(c2)CCC3)o1. The van der Waals surface area contributed by atoms with Gasteiger partial charge >= 0.3 is 0 Å². The van der Waals surface area contributed by atoms with Gasteiger partial charge in [-0.3, -0.25) is 10.1 Å². The molecule has 0 spiro atoms. The van der Waals surface area contributed by atoms with E-state index in [0.29, 0.717) is 17.3 Å². The van der Waals surface area contributed by atoms with Crippen LogP contribution in [0.3, 0.4) is 0 Å². The van der Waals surface area contributed by atoms with Crippen LogP contribution in [0.25, 0.3) is 0 Å². The Hall–Kier alpha value is -3.58. The molecule has 162 valence electrons. The van der Waals surface area contributed by atoms with Gasteiger partial charge in [0.2, 0.25) is 5.95 Å². The molecule has 2 heterocycles. The van der Waals surface area contributed by atoms with Crippen LogP contribution in [0.15, 0.2) is 65.3 Å². The van der Waals surface area contributed by atoms with Crippen molar-refractivity contribution in [1.29, 1.82) is 0 Å². The number of halogens is 1. The number of anilines is 1. The molecule has 0 atom stereocenters. The van der Waals surface area contributed by atoms with Gasteiger partial charge in [0.25, 0.3) is 5.91 Å². The molecule has 2 aromatic heterocycles. The monoisotopic (exact) mass is 448 g/mol. The first kappa shape index (κ1) is 20.3. The summed E-state index contributed by atoms with van der Waals surface area (Å²) in [6.07, 6.45) is 4.98. The Morgan fingerprint density at radius 1 is 1.12 bits per heavy atom. The van der Waals surface area contributed by atoms with Gasteiger partial charge in [-0.15, -0.1) is 5.10 Å². The van der Waals surface area contributed by atoms with Gasteiger partial charge in [0.05, 0.1) is 6.54 Å². The van der Waals surface area contributed by atoms with Crippen LogP contribution >= 0.6 is 11.6 Å². The highest BCUT2D eigenvalue weighted by molar-refractivity contribution is 6.30. The number of carbonyl (C=O) groups is 1. The number of rotatable bonds is 7. The first-order valence-corrected chi connectivity index (χ1v) is 10.8. The lowest BCUT2D eigenvalue weighted by Gasteiger charge is -2.06. The van der Waals surface area contributed by atoms with Crippen molar-refractivity contribution < 1.29 is 13.9 Å². The predicted octanol–water partition coefficient (Wildman–Crippen LogP) is 4.89. The van der Waals surface area contributed by atoms with Crippen LogP contribution in [-0.4, -0.2) is 20.7 Å². The van der Waals surface area contributed by atoms with Crippen molar-refractivity contribution in [3.05, 3.63) is 94.2 Å². The van der Waals surface area contributed by atoms with E-state index < -0.39 is 5.91 Å². The average Bonchev–Trinajstić information content (AvgIpc) is 3.53. The maximum Gasteiger partial charge on any atom is 0.293 e. The van der Waals surface area contributed by atoms with Gasteiger partial charge in [-0.05, 0) is 72.4 Å². The van der Waals surface area contributed by atoms with Crippen molar-refractivity contribution in [2.24, 2.45) is 0 Å². The fraction of sp³-hybridized carbons (Fsp3) is 0.208. The molecular weight excluding hydrogens is 428 g/mol. The third kappa shape index (κ3) is 4.68. The van der Waals surface area contributed by atoms with Crippen molar-refractivity contribution in [3.8, 4) is 5.75 Å². The standard InChI is InChI=1S/C24H21ClN4O3/c25-19-6-1-3-16(11-19)13-29-15-26-24(28-29)27-23(30)22-10-9-21(32-22)14-31-20-8-7-17-4-2-5-18(17)12-20/h1,3,6-12,15H,2,4-5,13-14H2,(H,27,28,30). The summed E-state index contributed by atoms with van der Waals surface area (Å²) in [5.41, 5.74) is 3.74. The molecule has 0 radical (unpaired) electrons. The number of nitrogens with one attached hydrogen (secondary N) is 1. The summed E-state index contributed by atoms with van der Waals surface area (Å²) in [7, 11) is 0. The van der Waals surface area contributed by atoms with E-state index in [4.69, 9.17) is 20.8 Å². The molecule has 0 fully saturated rings. The normalized spacial score (nSPS) is 12.5. The molecule has 32 heavy (non-hydrogen) atoms. The zero-order chi connectivity index (χ0) is 21.9.